The van der Waals surface area contributed by atoms with Crippen LogP contribution in [0.1, 0.15) is 23.3 Å². The van der Waals surface area contributed by atoms with Gasteiger partial charge in [-0.05, 0) is 30.5 Å². The van der Waals surface area contributed by atoms with Crippen LogP contribution in [0, 0.1) is 0 Å². The molecule has 0 bridgehead atoms. The molecule has 0 saturated heterocycles. The highest BCUT2D eigenvalue weighted by Gasteiger charge is 2.14. The van der Waals surface area contributed by atoms with Gasteiger partial charge in [0.2, 0.25) is 0 Å². The van der Waals surface area contributed by atoms with Crippen molar-refractivity contribution in [2.45, 2.75) is 19.4 Å². The molecule has 1 aromatic carbocycles. The van der Waals surface area contributed by atoms with E-state index >= 15 is 0 Å². The number of aromatic nitrogens is 1. The number of methoxy groups -OCH3 is 1. The minimum Gasteiger partial charge on any atom is -0.477 e. The van der Waals surface area contributed by atoms with Crippen molar-refractivity contribution in [2.75, 3.05) is 13.7 Å². The van der Waals surface area contributed by atoms with Crippen molar-refractivity contribution in [3.8, 4) is 11.3 Å². The first-order chi connectivity index (χ1) is 9.74. The summed E-state index contributed by atoms with van der Waals surface area (Å²) in [7, 11) is 1.67. The molecule has 0 fully saturated rings. The molecule has 0 unspecified atom stereocenters. The van der Waals surface area contributed by atoms with Gasteiger partial charge in [-0.1, -0.05) is 30.3 Å². The van der Waals surface area contributed by atoms with Crippen LogP contribution in [0.15, 0.2) is 42.5 Å². The van der Waals surface area contributed by atoms with Crippen LogP contribution in [0.4, 0.5) is 0 Å². The number of benzene rings is 1. The Balaban J connectivity index is 2.26. The number of ether oxygens (including phenoxy) is 1. The lowest BCUT2D eigenvalue weighted by atomic mass is 10.1. The highest BCUT2D eigenvalue weighted by molar-refractivity contribution is 5.87. The van der Waals surface area contributed by atoms with E-state index in [4.69, 9.17) is 4.74 Å². The first-order valence-electron chi connectivity index (χ1n) is 6.71. The van der Waals surface area contributed by atoms with Crippen molar-refractivity contribution >= 4 is 5.97 Å². The summed E-state index contributed by atoms with van der Waals surface area (Å²) < 4.78 is 6.90. The predicted molar refractivity (Wildman–Crippen MR) is 77.9 cm³/mol. The van der Waals surface area contributed by atoms with Gasteiger partial charge in [0.05, 0.1) is 0 Å². The lowest BCUT2D eigenvalue weighted by Gasteiger charge is -2.11. The Morgan fingerprint density at radius 3 is 2.55 bits per heavy atom. The van der Waals surface area contributed by atoms with Crippen LogP contribution >= 0.6 is 0 Å². The minimum absolute atomic E-state index is 0.335. The Morgan fingerprint density at radius 1 is 1.15 bits per heavy atom. The molecule has 0 amide bonds. The van der Waals surface area contributed by atoms with Crippen LogP contribution in [0.2, 0.25) is 0 Å². The van der Waals surface area contributed by atoms with E-state index in [9.17, 15) is 9.90 Å². The molecular formula is C16H19NO3. The van der Waals surface area contributed by atoms with Crippen molar-refractivity contribution in [3.05, 3.63) is 48.2 Å². The van der Waals surface area contributed by atoms with Crippen LogP contribution in [0.3, 0.4) is 0 Å². The lowest BCUT2D eigenvalue weighted by molar-refractivity contribution is 0.0685. The third kappa shape index (κ3) is 3.27. The SMILES string of the molecule is COCCCCn1c(C(=O)O)ccc1-c1ccccc1. The van der Waals surface area contributed by atoms with Gasteiger partial charge in [0, 0.05) is 26.0 Å². The summed E-state index contributed by atoms with van der Waals surface area (Å²) in [5.41, 5.74) is 2.31. The Kier molecular flexibility index (Phi) is 4.96. The van der Waals surface area contributed by atoms with E-state index in [1.54, 1.807) is 13.2 Å². The van der Waals surface area contributed by atoms with E-state index in [0.717, 1.165) is 24.1 Å². The quantitative estimate of drug-likeness (QED) is 0.788. The maximum atomic E-state index is 11.3. The molecule has 2 rings (SSSR count). The topological polar surface area (TPSA) is 51.5 Å². The molecule has 0 aliphatic heterocycles. The smallest absolute Gasteiger partial charge is 0.352 e. The van der Waals surface area contributed by atoms with Crippen LogP contribution in [0.5, 0.6) is 0 Å². The number of carbonyl (C=O) groups is 1. The van der Waals surface area contributed by atoms with E-state index in [2.05, 4.69) is 0 Å². The normalized spacial score (nSPS) is 10.7. The van der Waals surface area contributed by atoms with E-state index in [1.165, 1.54) is 0 Å². The average Bonchev–Trinajstić information content (AvgIpc) is 2.88. The van der Waals surface area contributed by atoms with Gasteiger partial charge in [0.15, 0.2) is 0 Å². The molecule has 0 aliphatic rings. The molecule has 20 heavy (non-hydrogen) atoms. The number of hydrogen-bond donors (Lipinski definition) is 1. The molecule has 1 aromatic heterocycles. The third-order valence-corrected chi connectivity index (χ3v) is 3.25. The summed E-state index contributed by atoms with van der Waals surface area (Å²) in [4.78, 5) is 11.3. The number of unbranched alkanes of at least 4 members (excludes halogenated alkanes) is 1. The van der Waals surface area contributed by atoms with Crippen LogP contribution < -0.4 is 0 Å². The van der Waals surface area contributed by atoms with E-state index < -0.39 is 5.97 Å². The molecule has 1 heterocycles. The highest BCUT2D eigenvalue weighted by atomic mass is 16.5. The van der Waals surface area contributed by atoms with Gasteiger partial charge in [0.1, 0.15) is 5.69 Å². The molecule has 0 aliphatic carbocycles. The fourth-order valence-corrected chi connectivity index (χ4v) is 2.27. The second-order valence-electron chi connectivity index (χ2n) is 4.63. The fourth-order valence-electron chi connectivity index (χ4n) is 2.27. The number of rotatable bonds is 7. The standard InChI is InChI=1S/C16H19NO3/c1-20-12-6-5-11-17-14(9-10-15(17)16(18)19)13-7-3-2-4-8-13/h2-4,7-10H,5-6,11-12H2,1H3,(H,18,19). The van der Waals surface area contributed by atoms with Crippen molar-refractivity contribution in [2.24, 2.45) is 0 Å². The van der Waals surface area contributed by atoms with Crippen molar-refractivity contribution in [3.63, 3.8) is 0 Å². The minimum atomic E-state index is -0.890. The third-order valence-electron chi connectivity index (χ3n) is 3.25. The Morgan fingerprint density at radius 2 is 1.90 bits per heavy atom. The fraction of sp³-hybridized carbons (Fsp3) is 0.312. The molecule has 0 atom stereocenters. The Hall–Kier alpha value is -2.07. The molecule has 2 aromatic rings. The van der Waals surface area contributed by atoms with Gasteiger partial charge in [0.25, 0.3) is 0 Å². The largest absolute Gasteiger partial charge is 0.477 e. The van der Waals surface area contributed by atoms with E-state index in [-0.39, 0.29) is 0 Å². The number of hydrogen-bond acceptors (Lipinski definition) is 2. The van der Waals surface area contributed by atoms with Gasteiger partial charge in [-0.25, -0.2) is 4.79 Å². The van der Waals surface area contributed by atoms with Crippen LogP contribution in [-0.2, 0) is 11.3 Å². The van der Waals surface area contributed by atoms with Gasteiger partial charge in [-0.2, -0.15) is 0 Å². The monoisotopic (exact) mass is 273 g/mol. The van der Waals surface area contributed by atoms with Crippen molar-refractivity contribution in [1.82, 2.24) is 4.57 Å². The summed E-state index contributed by atoms with van der Waals surface area (Å²) in [5.74, 6) is -0.890. The molecule has 4 heteroatoms. The number of carboxylic acids is 1. The average molecular weight is 273 g/mol. The second-order valence-corrected chi connectivity index (χ2v) is 4.63. The summed E-state index contributed by atoms with van der Waals surface area (Å²) in [6, 6.07) is 13.4. The lowest BCUT2D eigenvalue weighted by Crippen LogP contribution is -2.10. The molecule has 0 radical (unpaired) electrons. The second kappa shape index (κ2) is 6.91. The van der Waals surface area contributed by atoms with Crippen LogP contribution in [-0.4, -0.2) is 29.4 Å². The summed E-state index contributed by atoms with van der Waals surface area (Å²) >= 11 is 0. The zero-order valence-electron chi connectivity index (χ0n) is 11.6. The Labute approximate surface area is 118 Å². The van der Waals surface area contributed by atoms with Crippen molar-refractivity contribution in [1.29, 1.82) is 0 Å². The summed E-state index contributed by atoms with van der Waals surface area (Å²) in [6.45, 7) is 1.38. The van der Waals surface area contributed by atoms with E-state index in [0.29, 0.717) is 18.8 Å². The molecule has 4 nitrogen and oxygen atoms in total. The van der Waals surface area contributed by atoms with Gasteiger partial charge in [-0.3, -0.25) is 0 Å². The molecular weight excluding hydrogens is 254 g/mol. The number of carboxylic acid groups (broad SMARTS) is 1. The van der Waals surface area contributed by atoms with Crippen LogP contribution in [0.25, 0.3) is 11.3 Å². The van der Waals surface area contributed by atoms with E-state index in [1.807, 2.05) is 41.0 Å². The number of nitrogens with zero attached hydrogens (tertiary/aromatic N) is 1. The first-order valence-corrected chi connectivity index (χ1v) is 6.71. The number of aromatic carboxylic acids is 1. The first kappa shape index (κ1) is 14.3. The summed E-state index contributed by atoms with van der Waals surface area (Å²) in [6.07, 6.45) is 1.81. The molecule has 106 valence electrons. The summed E-state index contributed by atoms with van der Waals surface area (Å²) in [5, 5.41) is 9.28. The van der Waals surface area contributed by atoms with Gasteiger partial charge >= 0.3 is 5.97 Å². The predicted octanol–water partition coefficient (Wildman–Crippen LogP) is 3.28. The van der Waals surface area contributed by atoms with Gasteiger partial charge in [-0.15, -0.1) is 0 Å². The molecule has 0 saturated carbocycles. The molecule has 0 spiro atoms. The Bertz CT molecular complexity index is 560. The maximum Gasteiger partial charge on any atom is 0.352 e. The maximum absolute atomic E-state index is 11.3. The van der Waals surface area contributed by atoms with Crippen molar-refractivity contribution < 1.29 is 14.6 Å². The van der Waals surface area contributed by atoms with Gasteiger partial charge < -0.3 is 14.4 Å². The zero-order chi connectivity index (χ0) is 14.4. The zero-order valence-corrected chi connectivity index (χ0v) is 11.6. The molecule has 1 N–H and O–H groups in total. The highest BCUT2D eigenvalue weighted by Crippen LogP contribution is 2.23.